The second-order valence-corrected chi connectivity index (χ2v) is 3.05. The van der Waals surface area contributed by atoms with Crippen LogP contribution in [0.1, 0.15) is 0 Å². The molecular weight excluding hydrogens is 190 g/mol. The maximum Gasteiger partial charge on any atom is 0.274 e. The molecule has 0 N–H and O–H groups in total. The van der Waals surface area contributed by atoms with Crippen LogP contribution in [-0.4, -0.2) is 14.8 Å². The Morgan fingerprint density at radius 2 is 2.23 bits per heavy atom. The zero-order valence-electron chi connectivity index (χ0n) is 6.86. The van der Waals surface area contributed by atoms with E-state index in [-0.39, 0.29) is 5.56 Å². The van der Waals surface area contributed by atoms with Gasteiger partial charge in [-0.05, 0) is 6.07 Å². The van der Waals surface area contributed by atoms with E-state index in [4.69, 9.17) is 11.6 Å². The van der Waals surface area contributed by atoms with Crippen molar-refractivity contribution >= 4 is 22.4 Å². The van der Waals surface area contributed by atoms with Gasteiger partial charge in [-0.15, -0.1) is 0 Å². The Labute approximate surface area is 78.8 Å². The summed E-state index contributed by atoms with van der Waals surface area (Å²) >= 11 is 5.66. The van der Waals surface area contributed by atoms with Crippen molar-refractivity contribution in [2.75, 3.05) is 0 Å². The SMILES string of the molecule is Cn1ncc2cnc(Cl)cc2c1=O. The lowest BCUT2D eigenvalue weighted by molar-refractivity contribution is 0.718. The van der Waals surface area contributed by atoms with E-state index < -0.39 is 0 Å². The van der Waals surface area contributed by atoms with Gasteiger partial charge in [-0.1, -0.05) is 11.6 Å². The summed E-state index contributed by atoms with van der Waals surface area (Å²) in [5.74, 6) is 0. The highest BCUT2D eigenvalue weighted by molar-refractivity contribution is 6.30. The molecule has 0 spiro atoms. The minimum atomic E-state index is -0.165. The first-order valence-corrected chi connectivity index (χ1v) is 4.04. The van der Waals surface area contributed by atoms with Crippen LogP contribution < -0.4 is 5.56 Å². The van der Waals surface area contributed by atoms with Crippen LogP contribution in [0, 0.1) is 0 Å². The lowest BCUT2D eigenvalue weighted by Gasteiger charge is -1.98. The maximum absolute atomic E-state index is 11.5. The Kier molecular flexibility index (Phi) is 1.77. The number of hydrogen-bond donors (Lipinski definition) is 0. The smallest absolute Gasteiger partial charge is 0.267 e. The zero-order valence-corrected chi connectivity index (χ0v) is 7.62. The number of pyridine rings is 1. The maximum atomic E-state index is 11.5. The number of aromatic nitrogens is 3. The van der Waals surface area contributed by atoms with E-state index in [2.05, 4.69) is 10.1 Å². The second kappa shape index (κ2) is 2.81. The Bertz CT molecular complexity index is 515. The lowest BCUT2D eigenvalue weighted by atomic mass is 10.2. The van der Waals surface area contributed by atoms with E-state index in [0.29, 0.717) is 15.9 Å². The van der Waals surface area contributed by atoms with Crippen LogP contribution in [-0.2, 0) is 7.05 Å². The first-order valence-electron chi connectivity index (χ1n) is 3.66. The molecule has 0 amide bonds. The Morgan fingerprint density at radius 1 is 1.46 bits per heavy atom. The Hall–Kier alpha value is -1.42. The minimum Gasteiger partial charge on any atom is -0.267 e. The molecule has 66 valence electrons. The molecule has 5 heteroatoms. The van der Waals surface area contributed by atoms with Crippen molar-refractivity contribution in [3.05, 3.63) is 34.0 Å². The molecule has 0 bridgehead atoms. The van der Waals surface area contributed by atoms with Gasteiger partial charge in [0.05, 0.1) is 11.6 Å². The second-order valence-electron chi connectivity index (χ2n) is 2.67. The number of aryl methyl sites for hydroxylation is 1. The van der Waals surface area contributed by atoms with Crippen molar-refractivity contribution in [2.45, 2.75) is 0 Å². The molecule has 4 nitrogen and oxygen atoms in total. The van der Waals surface area contributed by atoms with Crippen molar-refractivity contribution < 1.29 is 0 Å². The summed E-state index contributed by atoms with van der Waals surface area (Å²) in [5.41, 5.74) is -0.165. The van der Waals surface area contributed by atoms with Crippen LogP contribution in [0.5, 0.6) is 0 Å². The Balaban J connectivity index is 2.97. The van der Waals surface area contributed by atoms with Gasteiger partial charge in [0, 0.05) is 18.6 Å². The van der Waals surface area contributed by atoms with Gasteiger partial charge in [-0.3, -0.25) is 4.79 Å². The fourth-order valence-electron chi connectivity index (χ4n) is 1.10. The number of fused-ring (bicyclic) bond motifs is 1. The van der Waals surface area contributed by atoms with Crippen LogP contribution in [0.2, 0.25) is 5.15 Å². The largest absolute Gasteiger partial charge is 0.274 e. The summed E-state index contributed by atoms with van der Waals surface area (Å²) in [5, 5.41) is 5.41. The summed E-state index contributed by atoms with van der Waals surface area (Å²) in [7, 11) is 1.59. The van der Waals surface area contributed by atoms with Gasteiger partial charge in [0.25, 0.3) is 5.56 Å². The normalized spacial score (nSPS) is 10.6. The molecule has 2 rings (SSSR count). The molecule has 0 atom stereocenters. The van der Waals surface area contributed by atoms with Gasteiger partial charge in [-0.2, -0.15) is 5.10 Å². The first-order chi connectivity index (χ1) is 6.18. The first kappa shape index (κ1) is 8.19. The number of nitrogens with zero attached hydrogens (tertiary/aromatic N) is 3. The van der Waals surface area contributed by atoms with Crippen LogP contribution in [0.4, 0.5) is 0 Å². The molecule has 0 unspecified atom stereocenters. The monoisotopic (exact) mass is 195 g/mol. The highest BCUT2D eigenvalue weighted by atomic mass is 35.5. The topological polar surface area (TPSA) is 47.8 Å². The predicted molar refractivity (Wildman–Crippen MR) is 49.8 cm³/mol. The Morgan fingerprint density at radius 3 is 3.00 bits per heavy atom. The van der Waals surface area contributed by atoms with E-state index in [1.54, 1.807) is 19.3 Å². The molecule has 13 heavy (non-hydrogen) atoms. The van der Waals surface area contributed by atoms with Crippen LogP contribution in [0.25, 0.3) is 10.8 Å². The average Bonchev–Trinajstić information content (AvgIpc) is 2.12. The van der Waals surface area contributed by atoms with Crippen LogP contribution >= 0.6 is 11.6 Å². The van der Waals surface area contributed by atoms with Crippen molar-refractivity contribution in [2.24, 2.45) is 7.05 Å². The zero-order chi connectivity index (χ0) is 9.42. The molecule has 0 saturated carbocycles. The summed E-state index contributed by atoms with van der Waals surface area (Å²) in [6.07, 6.45) is 3.12. The van der Waals surface area contributed by atoms with Crippen molar-refractivity contribution in [1.82, 2.24) is 14.8 Å². The number of rotatable bonds is 0. The molecule has 2 aromatic heterocycles. The highest BCUT2D eigenvalue weighted by Gasteiger charge is 2.01. The minimum absolute atomic E-state index is 0.165. The lowest BCUT2D eigenvalue weighted by Crippen LogP contribution is -2.18. The van der Waals surface area contributed by atoms with Crippen LogP contribution in [0.15, 0.2) is 23.3 Å². The van der Waals surface area contributed by atoms with Crippen molar-refractivity contribution in [3.63, 3.8) is 0 Å². The van der Waals surface area contributed by atoms with E-state index in [1.807, 2.05) is 0 Å². The third-order valence-electron chi connectivity index (χ3n) is 1.80. The third kappa shape index (κ3) is 1.29. The van der Waals surface area contributed by atoms with Crippen molar-refractivity contribution in [3.8, 4) is 0 Å². The molecule has 0 radical (unpaired) electrons. The average molecular weight is 196 g/mol. The summed E-state index contributed by atoms with van der Waals surface area (Å²) in [6, 6.07) is 1.54. The third-order valence-corrected chi connectivity index (χ3v) is 2.00. The standard InChI is InChI=1S/C8H6ClN3O/c1-12-8(13)6-2-7(9)10-3-5(6)4-11-12/h2-4H,1H3. The highest BCUT2D eigenvalue weighted by Crippen LogP contribution is 2.11. The summed E-state index contributed by atoms with van der Waals surface area (Å²) < 4.78 is 1.26. The van der Waals surface area contributed by atoms with Gasteiger partial charge >= 0.3 is 0 Å². The van der Waals surface area contributed by atoms with E-state index in [1.165, 1.54) is 10.9 Å². The van der Waals surface area contributed by atoms with E-state index in [9.17, 15) is 4.79 Å². The van der Waals surface area contributed by atoms with Gasteiger partial charge in [0.15, 0.2) is 0 Å². The number of halogens is 1. The summed E-state index contributed by atoms with van der Waals surface area (Å²) in [6.45, 7) is 0. The molecule has 0 aliphatic carbocycles. The van der Waals surface area contributed by atoms with Gasteiger partial charge < -0.3 is 0 Å². The fraction of sp³-hybridized carbons (Fsp3) is 0.125. The predicted octanol–water partition coefficient (Wildman–Crippen LogP) is 0.982. The molecule has 0 fully saturated rings. The molecule has 0 saturated heterocycles. The van der Waals surface area contributed by atoms with Crippen molar-refractivity contribution in [1.29, 1.82) is 0 Å². The molecule has 0 aromatic carbocycles. The van der Waals surface area contributed by atoms with E-state index in [0.717, 1.165) is 0 Å². The molecule has 0 aliphatic heterocycles. The quantitative estimate of drug-likeness (QED) is 0.589. The molecular formula is C8H6ClN3O. The van der Waals surface area contributed by atoms with Crippen LogP contribution in [0.3, 0.4) is 0 Å². The molecule has 2 aromatic rings. The van der Waals surface area contributed by atoms with Gasteiger partial charge in [0.1, 0.15) is 5.15 Å². The molecule has 0 aliphatic rings. The fourth-order valence-corrected chi connectivity index (χ4v) is 1.26. The molecule has 2 heterocycles. The van der Waals surface area contributed by atoms with E-state index >= 15 is 0 Å². The van der Waals surface area contributed by atoms with Gasteiger partial charge in [0.2, 0.25) is 0 Å². The van der Waals surface area contributed by atoms with Gasteiger partial charge in [-0.25, -0.2) is 9.67 Å². The summed E-state index contributed by atoms with van der Waals surface area (Å²) in [4.78, 5) is 15.3. The number of hydrogen-bond acceptors (Lipinski definition) is 3.